The summed E-state index contributed by atoms with van der Waals surface area (Å²) in [6.45, 7) is 2.13. The van der Waals surface area contributed by atoms with E-state index in [9.17, 15) is 5.11 Å². The molecule has 0 saturated heterocycles. The Morgan fingerprint density at radius 2 is 2.29 bits per heavy atom. The predicted molar refractivity (Wildman–Crippen MR) is 59.3 cm³/mol. The van der Waals surface area contributed by atoms with Gasteiger partial charge in [-0.25, -0.2) is 0 Å². The van der Waals surface area contributed by atoms with Crippen LogP contribution < -0.4 is 0 Å². The number of aromatic hydroxyl groups is 1. The van der Waals surface area contributed by atoms with Gasteiger partial charge in [0.15, 0.2) is 0 Å². The maximum absolute atomic E-state index is 9.46. The van der Waals surface area contributed by atoms with Crippen LogP contribution in [0.4, 0.5) is 0 Å². The molecule has 0 fully saturated rings. The van der Waals surface area contributed by atoms with Crippen LogP contribution >= 0.6 is 0 Å². The molecular formula is C13H17O. The Hall–Kier alpha value is -1.24. The molecule has 1 N–H and O–H groups in total. The van der Waals surface area contributed by atoms with E-state index in [1.165, 1.54) is 0 Å². The predicted octanol–water partition coefficient (Wildman–Crippen LogP) is 3.48. The van der Waals surface area contributed by atoms with Gasteiger partial charge in [0.25, 0.3) is 0 Å². The molecule has 0 saturated carbocycles. The average molecular weight is 189 g/mol. The van der Waals surface area contributed by atoms with Crippen LogP contribution in [-0.4, -0.2) is 5.11 Å². The summed E-state index contributed by atoms with van der Waals surface area (Å²) in [5.41, 5.74) is 1.02. The molecular weight excluding hydrogens is 172 g/mol. The smallest absolute Gasteiger partial charge is 0.119 e. The Kier molecular flexibility index (Phi) is 4.84. The average Bonchev–Trinajstić information content (AvgIpc) is 2.20. The van der Waals surface area contributed by atoms with Crippen LogP contribution in [0.3, 0.4) is 0 Å². The van der Waals surface area contributed by atoms with E-state index in [2.05, 4.69) is 25.1 Å². The summed E-state index contributed by atoms with van der Waals surface area (Å²) >= 11 is 0. The first-order chi connectivity index (χ1) is 6.84. The highest BCUT2D eigenvalue weighted by Gasteiger charge is 1.97. The minimum Gasteiger partial charge on any atom is -0.508 e. The Labute approximate surface area is 86.1 Å². The third-order valence-corrected chi connectivity index (χ3v) is 2.15. The van der Waals surface area contributed by atoms with Gasteiger partial charge in [-0.05, 0) is 43.4 Å². The minimum absolute atomic E-state index is 0.368. The van der Waals surface area contributed by atoms with Gasteiger partial charge in [0, 0.05) is 0 Å². The van der Waals surface area contributed by atoms with Crippen molar-refractivity contribution in [2.75, 3.05) is 0 Å². The second-order valence-corrected chi connectivity index (χ2v) is 3.33. The maximum Gasteiger partial charge on any atom is 0.119 e. The van der Waals surface area contributed by atoms with Crippen molar-refractivity contribution in [1.29, 1.82) is 0 Å². The normalized spacial score (nSPS) is 10.9. The largest absolute Gasteiger partial charge is 0.508 e. The first kappa shape index (κ1) is 10.8. The summed E-state index contributed by atoms with van der Waals surface area (Å²) in [4.78, 5) is 0. The van der Waals surface area contributed by atoms with Crippen molar-refractivity contribution in [3.63, 3.8) is 0 Å². The van der Waals surface area contributed by atoms with E-state index in [1.54, 1.807) is 6.07 Å². The van der Waals surface area contributed by atoms with E-state index < -0.39 is 0 Å². The molecule has 0 atom stereocenters. The van der Waals surface area contributed by atoms with Gasteiger partial charge in [-0.3, -0.25) is 0 Å². The quantitative estimate of drug-likeness (QED) is 0.555. The number of aryl methyl sites for hydroxylation is 1. The Morgan fingerprint density at radius 3 is 3.00 bits per heavy atom. The first-order valence-electron chi connectivity index (χ1n) is 5.17. The van der Waals surface area contributed by atoms with E-state index >= 15 is 0 Å². The number of benzene rings is 1. The van der Waals surface area contributed by atoms with Crippen molar-refractivity contribution in [3.8, 4) is 5.75 Å². The van der Waals surface area contributed by atoms with Crippen molar-refractivity contribution in [2.45, 2.75) is 32.6 Å². The van der Waals surface area contributed by atoms with Crippen molar-refractivity contribution in [3.05, 3.63) is 42.0 Å². The van der Waals surface area contributed by atoms with E-state index in [1.807, 2.05) is 12.1 Å². The van der Waals surface area contributed by atoms with Gasteiger partial charge in [-0.15, -0.1) is 0 Å². The fourth-order valence-electron chi connectivity index (χ4n) is 1.36. The summed E-state index contributed by atoms with van der Waals surface area (Å²) in [5.74, 6) is 0.368. The molecule has 1 aromatic rings. The molecule has 1 heteroatoms. The molecule has 0 amide bonds. The van der Waals surface area contributed by atoms with Gasteiger partial charge < -0.3 is 5.11 Å². The highest BCUT2D eigenvalue weighted by Crippen LogP contribution is 2.17. The summed E-state index contributed by atoms with van der Waals surface area (Å²) < 4.78 is 0. The molecule has 0 aromatic heterocycles. The fraction of sp³-hybridized carbons (Fsp3) is 0.385. The third kappa shape index (κ3) is 3.65. The number of allylic oxidation sites excluding steroid dienone is 2. The SMILES string of the molecule is CCC=CCCCc1cc[c]cc1O. The van der Waals surface area contributed by atoms with Crippen molar-refractivity contribution < 1.29 is 5.11 Å². The molecule has 1 rings (SSSR count). The van der Waals surface area contributed by atoms with Crippen LogP contribution in [0.2, 0.25) is 0 Å². The number of rotatable bonds is 5. The Balaban J connectivity index is 2.31. The van der Waals surface area contributed by atoms with E-state index in [-0.39, 0.29) is 0 Å². The molecule has 0 aliphatic rings. The fourth-order valence-corrected chi connectivity index (χ4v) is 1.36. The van der Waals surface area contributed by atoms with Gasteiger partial charge in [0.1, 0.15) is 5.75 Å². The molecule has 0 spiro atoms. The van der Waals surface area contributed by atoms with Crippen molar-refractivity contribution >= 4 is 0 Å². The third-order valence-electron chi connectivity index (χ3n) is 2.15. The molecule has 0 aliphatic carbocycles. The molecule has 75 valence electrons. The van der Waals surface area contributed by atoms with Crippen LogP contribution in [0.15, 0.2) is 30.4 Å². The lowest BCUT2D eigenvalue weighted by Gasteiger charge is -2.01. The molecule has 1 nitrogen and oxygen atoms in total. The van der Waals surface area contributed by atoms with Crippen molar-refractivity contribution in [1.82, 2.24) is 0 Å². The lowest BCUT2D eigenvalue weighted by molar-refractivity contribution is 0.467. The van der Waals surface area contributed by atoms with E-state index in [4.69, 9.17) is 0 Å². The molecule has 0 bridgehead atoms. The number of unbranched alkanes of at least 4 members (excludes halogenated alkanes) is 1. The Morgan fingerprint density at radius 1 is 1.43 bits per heavy atom. The standard InChI is InChI=1S/C13H17O/c1-2-3-4-5-6-9-12-10-7-8-11-13(12)14/h3-4,7,10-11,14H,2,5-6,9H2,1H3. The van der Waals surface area contributed by atoms with E-state index in [0.29, 0.717) is 5.75 Å². The monoisotopic (exact) mass is 189 g/mol. The summed E-state index contributed by atoms with van der Waals surface area (Å²) in [6.07, 6.45) is 8.60. The van der Waals surface area contributed by atoms with Crippen LogP contribution in [0.25, 0.3) is 0 Å². The summed E-state index contributed by atoms with van der Waals surface area (Å²) in [7, 11) is 0. The zero-order chi connectivity index (χ0) is 10.2. The number of phenolic OH excluding ortho intramolecular Hbond substituents is 1. The van der Waals surface area contributed by atoms with Crippen molar-refractivity contribution in [2.24, 2.45) is 0 Å². The molecule has 0 heterocycles. The van der Waals surface area contributed by atoms with Gasteiger partial charge in [-0.2, -0.15) is 0 Å². The second-order valence-electron chi connectivity index (χ2n) is 3.33. The zero-order valence-corrected chi connectivity index (χ0v) is 8.66. The van der Waals surface area contributed by atoms with E-state index in [0.717, 1.165) is 31.2 Å². The molecule has 1 radical (unpaired) electrons. The maximum atomic E-state index is 9.46. The first-order valence-corrected chi connectivity index (χ1v) is 5.17. The lowest BCUT2D eigenvalue weighted by Crippen LogP contribution is -1.84. The highest BCUT2D eigenvalue weighted by molar-refractivity contribution is 5.31. The van der Waals surface area contributed by atoms with Crippen LogP contribution in [0, 0.1) is 6.07 Å². The van der Waals surface area contributed by atoms with Gasteiger partial charge in [0.05, 0.1) is 0 Å². The van der Waals surface area contributed by atoms with Crippen LogP contribution in [0.1, 0.15) is 31.7 Å². The topological polar surface area (TPSA) is 20.2 Å². The summed E-state index contributed by atoms with van der Waals surface area (Å²) in [5, 5.41) is 9.46. The van der Waals surface area contributed by atoms with Crippen LogP contribution in [-0.2, 0) is 6.42 Å². The number of phenols is 1. The highest BCUT2D eigenvalue weighted by atomic mass is 16.3. The van der Waals surface area contributed by atoms with Gasteiger partial charge >= 0.3 is 0 Å². The molecule has 0 aliphatic heterocycles. The minimum atomic E-state index is 0.368. The molecule has 1 aromatic carbocycles. The molecule has 0 unspecified atom stereocenters. The van der Waals surface area contributed by atoms with Gasteiger partial charge in [0.2, 0.25) is 0 Å². The number of hydrogen-bond acceptors (Lipinski definition) is 1. The Bertz CT molecular complexity index is 289. The van der Waals surface area contributed by atoms with Crippen LogP contribution in [0.5, 0.6) is 5.75 Å². The number of hydrogen-bond donors (Lipinski definition) is 1. The molecule has 14 heavy (non-hydrogen) atoms. The second kappa shape index (κ2) is 6.25. The van der Waals surface area contributed by atoms with Gasteiger partial charge in [-0.1, -0.05) is 31.2 Å². The lowest BCUT2D eigenvalue weighted by atomic mass is 10.1. The summed E-state index contributed by atoms with van der Waals surface area (Å²) in [6, 6.07) is 8.24. The zero-order valence-electron chi connectivity index (χ0n) is 8.66.